The third-order valence-corrected chi connectivity index (χ3v) is 0.109. The minimum atomic E-state index is -0.417. The van der Waals surface area contributed by atoms with Crippen molar-refractivity contribution in [2.45, 2.75) is 0 Å². The second kappa shape index (κ2) is 9.03. The van der Waals surface area contributed by atoms with Gasteiger partial charge in [-0.15, -0.1) is 6.58 Å². The average molecular weight is 98.0 g/mol. The Morgan fingerprint density at radius 1 is 1.80 bits per heavy atom. The van der Waals surface area contributed by atoms with Crippen molar-refractivity contribution in [1.29, 1.82) is 0 Å². The van der Waals surface area contributed by atoms with Crippen LogP contribution in [0.4, 0.5) is 4.32 Å². The minimum absolute atomic E-state index is 0. The van der Waals surface area contributed by atoms with Crippen LogP contribution in [0.25, 0.3) is 0 Å². The molecule has 5 heavy (non-hydrogen) atoms. The molecule has 0 aliphatic carbocycles. The molecule has 0 radical (unpaired) electrons. The van der Waals surface area contributed by atoms with Gasteiger partial charge in [-0.3, -0.25) is 0 Å². The second-order valence-electron chi connectivity index (χ2n) is 0.443. The Labute approximate surface area is 74.5 Å². The zero-order valence-electron chi connectivity index (χ0n) is 2.37. The molecular weight excluding hydrogens is 92.9 g/mol. The monoisotopic (exact) mass is 98.0 g/mol. The van der Waals surface area contributed by atoms with E-state index in [0.29, 0.717) is 0 Å². The second-order valence-corrected chi connectivity index (χ2v) is 0.443. The Morgan fingerprint density at radius 3 is 2.00 bits per heavy atom. The van der Waals surface area contributed by atoms with Crippen molar-refractivity contribution in [3.8, 4) is 0 Å². The van der Waals surface area contributed by atoms with Crippen LogP contribution in [0, 0.1) is 0 Å². The van der Waals surface area contributed by atoms with Gasteiger partial charge in [0.05, 0.1) is 0 Å². The summed E-state index contributed by atoms with van der Waals surface area (Å²) in [6, 6.07) is 0. The molecule has 0 heterocycles. The van der Waals surface area contributed by atoms with E-state index in [1.54, 1.807) is 0 Å². The van der Waals surface area contributed by atoms with Crippen LogP contribution in [0.3, 0.4) is 0 Å². The van der Waals surface area contributed by atoms with Gasteiger partial charge < -0.3 is 4.32 Å². The molecule has 3 heteroatoms. The summed E-state index contributed by atoms with van der Waals surface area (Å²) in [7, 11) is -0.417. The van der Waals surface area contributed by atoms with Crippen LogP contribution in [-0.2, 0) is 0 Å². The maximum atomic E-state index is 10.6. The van der Waals surface area contributed by atoms with E-state index in [2.05, 4.69) is 6.58 Å². The summed E-state index contributed by atoms with van der Waals surface area (Å²) in [6.07, 6.45) is 0. The zero-order chi connectivity index (χ0) is 3.41. The van der Waals surface area contributed by atoms with Gasteiger partial charge in [-0.25, -0.2) is 0 Å². The molecule has 0 N–H and O–H groups in total. The summed E-state index contributed by atoms with van der Waals surface area (Å²) >= 11 is 0. The molecule has 0 nitrogen and oxygen atoms in total. The molecule has 0 amide bonds. The van der Waals surface area contributed by atoms with E-state index in [0.717, 1.165) is 0 Å². The first-order valence-corrected chi connectivity index (χ1v) is 1.08. The molecule has 0 unspecified atom stereocenters. The topological polar surface area (TPSA) is 0 Å². The molecule has 24 valence electrons. The number of hydrogen-bond acceptors (Lipinski definition) is 0. The van der Waals surface area contributed by atoms with Crippen LogP contribution in [-0.4, -0.2) is 58.9 Å². The third-order valence-electron chi connectivity index (χ3n) is 0.109. The van der Waals surface area contributed by atoms with E-state index >= 15 is 0 Å². The predicted molar refractivity (Wildman–Crippen MR) is 25.6 cm³/mol. The van der Waals surface area contributed by atoms with Gasteiger partial charge in [0.2, 0.25) is 0 Å². The SMILES string of the molecule is C=CBF.[KH]. The van der Waals surface area contributed by atoms with E-state index < -0.39 is 7.56 Å². The summed E-state index contributed by atoms with van der Waals surface area (Å²) in [4.78, 5) is 0. The van der Waals surface area contributed by atoms with Gasteiger partial charge in [-0.2, -0.15) is 0 Å². The third kappa shape index (κ3) is 10.9. The molecule has 0 saturated carbocycles. The number of rotatable bonds is 1. The molecule has 0 aliphatic heterocycles. The van der Waals surface area contributed by atoms with E-state index in [9.17, 15) is 4.32 Å². The van der Waals surface area contributed by atoms with Gasteiger partial charge in [0.25, 0.3) is 0 Å². The molecule has 0 bridgehead atoms. The molecule has 0 aliphatic rings. The van der Waals surface area contributed by atoms with Gasteiger partial charge in [-0.1, -0.05) is 5.98 Å². The summed E-state index contributed by atoms with van der Waals surface area (Å²) in [5, 5.41) is 0. The van der Waals surface area contributed by atoms with Gasteiger partial charge in [0.1, 0.15) is 0 Å². The Hall–Kier alpha value is 1.37. The standard InChI is InChI=1S/C2H4BF.K.H/c1-2-3-4;;/h2-3H,1H2;;. The van der Waals surface area contributed by atoms with Crippen molar-refractivity contribution in [2.24, 2.45) is 0 Å². The summed E-state index contributed by atoms with van der Waals surface area (Å²) in [5.74, 6) is 1.21. The Balaban J connectivity index is 0. The normalized spacial score (nSPS) is 4.20. The molecule has 0 saturated heterocycles. The van der Waals surface area contributed by atoms with Crippen LogP contribution in [0.15, 0.2) is 12.6 Å². The van der Waals surface area contributed by atoms with E-state index in [1.807, 2.05) is 0 Å². The number of hydrogen-bond donors (Lipinski definition) is 0. The molecule has 0 aromatic carbocycles. The molecule has 0 aromatic heterocycles. The van der Waals surface area contributed by atoms with Crippen LogP contribution in [0.1, 0.15) is 0 Å². The van der Waals surface area contributed by atoms with Crippen LogP contribution in [0.5, 0.6) is 0 Å². The molecular formula is C2H5BFK. The molecule has 0 spiro atoms. The average Bonchev–Trinajstić information content (AvgIpc) is 1.37. The van der Waals surface area contributed by atoms with Crippen molar-refractivity contribution in [1.82, 2.24) is 0 Å². The molecule has 0 rings (SSSR count). The summed E-state index contributed by atoms with van der Waals surface area (Å²) in [5.41, 5.74) is 0. The molecule has 0 atom stereocenters. The van der Waals surface area contributed by atoms with Gasteiger partial charge in [0, 0.05) is 0 Å². The van der Waals surface area contributed by atoms with Crippen molar-refractivity contribution in [3.63, 3.8) is 0 Å². The Bertz CT molecular complexity index is 23.6. The first kappa shape index (κ1) is 9.62. The number of halogens is 1. The fourth-order valence-electron chi connectivity index (χ4n) is 0. The van der Waals surface area contributed by atoms with Crippen LogP contribution >= 0.6 is 0 Å². The molecule has 0 aromatic rings. The van der Waals surface area contributed by atoms with Crippen molar-refractivity contribution >= 4 is 58.9 Å². The van der Waals surface area contributed by atoms with Crippen molar-refractivity contribution < 1.29 is 4.32 Å². The van der Waals surface area contributed by atoms with Crippen LogP contribution < -0.4 is 0 Å². The van der Waals surface area contributed by atoms with Crippen molar-refractivity contribution in [3.05, 3.63) is 12.6 Å². The molecule has 0 fully saturated rings. The van der Waals surface area contributed by atoms with Gasteiger partial charge >= 0.3 is 58.9 Å². The van der Waals surface area contributed by atoms with E-state index in [-0.39, 0.29) is 51.4 Å². The first-order chi connectivity index (χ1) is 1.91. The first-order valence-electron chi connectivity index (χ1n) is 1.08. The quantitative estimate of drug-likeness (QED) is 0.398. The fourth-order valence-corrected chi connectivity index (χ4v) is 0. The Morgan fingerprint density at radius 2 is 2.00 bits per heavy atom. The predicted octanol–water partition coefficient (Wildman–Crippen LogP) is -0.198. The van der Waals surface area contributed by atoms with Crippen molar-refractivity contribution in [2.75, 3.05) is 0 Å². The van der Waals surface area contributed by atoms with E-state index in [4.69, 9.17) is 0 Å². The van der Waals surface area contributed by atoms with Gasteiger partial charge in [-0.05, 0) is 0 Å². The summed E-state index contributed by atoms with van der Waals surface area (Å²) in [6.45, 7) is 3.10. The van der Waals surface area contributed by atoms with Crippen LogP contribution in [0.2, 0.25) is 0 Å². The zero-order valence-corrected chi connectivity index (χ0v) is 2.37. The summed E-state index contributed by atoms with van der Waals surface area (Å²) < 4.78 is 10.6. The van der Waals surface area contributed by atoms with Gasteiger partial charge in [0.15, 0.2) is 0 Å². The maximum absolute atomic E-state index is 10.6. The fraction of sp³-hybridized carbons (Fsp3) is 0. The Kier molecular flexibility index (Phi) is 17.4. The van der Waals surface area contributed by atoms with E-state index in [1.165, 1.54) is 5.98 Å².